The van der Waals surface area contributed by atoms with Crippen molar-refractivity contribution in [3.8, 4) is 11.1 Å². The highest BCUT2D eigenvalue weighted by molar-refractivity contribution is 6.01. The molecule has 0 radical (unpaired) electrons. The molecule has 1 saturated carbocycles. The maximum atomic E-state index is 13.0. The summed E-state index contributed by atoms with van der Waals surface area (Å²) >= 11 is 0. The minimum atomic E-state index is -0.0929. The highest BCUT2D eigenvalue weighted by Gasteiger charge is 2.30. The van der Waals surface area contributed by atoms with Crippen LogP contribution in [0.25, 0.3) is 11.1 Å². The summed E-state index contributed by atoms with van der Waals surface area (Å²) < 4.78 is 0. The lowest BCUT2D eigenvalue weighted by atomic mass is 9.86. The Bertz CT molecular complexity index is 1020. The molecule has 1 N–H and O–H groups in total. The molecule has 0 saturated heterocycles. The molecular weight excluding hydrogens is 374 g/mol. The molecule has 1 aliphatic heterocycles. The summed E-state index contributed by atoms with van der Waals surface area (Å²) in [6.45, 7) is 6.07. The van der Waals surface area contributed by atoms with E-state index in [4.69, 9.17) is 5.10 Å². The molecule has 5 heteroatoms. The zero-order valence-corrected chi connectivity index (χ0v) is 18.0. The molecule has 0 spiro atoms. The van der Waals surface area contributed by atoms with Crippen LogP contribution in [0.5, 0.6) is 0 Å². The van der Waals surface area contributed by atoms with Crippen LogP contribution in [0.4, 0.5) is 5.69 Å². The molecule has 2 aliphatic rings. The lowest BCUT2D eigenvalue weighted by Crippen LogP contribution is -2.23. The smallest absolute Gasteiger partial charge is 0.274 e. The first-order valence-electron chi connectivity index (χ1n) is 10.8. The van der Waals surface area contributed by atoms with Gasteiger partial charge in [-0.2, -0.15) is 5.10 Å². The Labute approximate surface area is 178 Å². The third-order valence-electron chi connectivity index (χ3n) is 6.18. The molecule has 30 heavy (non-hydrogen) atoms. The Hall–Kier alpha value is -2.95. The lowest BCUT2D eigenvalue weighted by Gasteiger charge is -2.22. The van der Waals surface area contributed by atoms with E-state index in [2.05, 4.69) is 18.3 Å². The van der Waals surface area contributed by atoms with Gasteiger partial charge >= 0.3 is 0 Å². The number of hydrogen-bond acceptors (Lipinski definition) is 3. The predicted molar refractivity (Wildman–Crippen MR) is 120 cm³/mol. The van der Waals surface area contributed by atoms with Gasteiger partial charge in [0.05, 0.1) is 6.54 Å². The van der Waals surface area contributed by atoms with Crippen LogP contribution in [0, 0.1) is 12.8 Å². The molecule has 2 aromatic rings. The summed E-state index contributed by atoms with van der Waals surface area (Å²) in [5.41, 5.74) is 6.66. The molecule has 1 heterocycles. The summed E-state index contributed by atoms with van der Waals surface area (Å²) in [6.07, 6.45) is 6.18. The number of aryl methyl sites for hydroxylation is 1. The Morgan fingerprint density at radius 1 is 1.07 bits per heavy atom. The monoisotopic (exact) mass is 403 g/mol. The average molecular weight is 404 g/mol. The van der Waals surface area contributed by atoms with Gasteiger partial charge in [-0.15, -0.1) is 0 Å². The van der Waals surface area contributed by atoms with Gasteiger partial charge in [0.25, 0.3) is 5.91 Å². The quantitative estimate of drug-likeness (QED) is 0.682. The van der Waals surface area contributed by atoms with E-state index in [1.807, 2.05) is 37.3 Å². The van der Waals surface area contributed by atoms with Crippen LogP contribution < -0.4 is 5.32 Å². The van der Waals surface area contributed by atoms with E-state index in [9.17, 15) is 9.59 Å². The zero-order chi connectivity index (χ0) is 21.3. The van der Waals surface area contributed by atoms with Crippen LogP contribution in [0.3, 0.4) is 0 Å². The predicted octanol–water partition coefficient (Wildman–Crippen LogP) is 5.53. The third-order valence-corrected chi connectivity index (χ3v) is 6.18. The minimum absolute atomic E-state index is 0.00351. The van der Waals surface area contributed by atoms with Crippen molar-refractivity contribution in [3.05, 3.63) is 53.1 Å². The molecule has 0 unspecified atom stereocenters. The first kappa shape index (κ1) is 20.3. The van der Waals surface area contributed by atoms with Crippen molar-refractivity contribution < 1.29 is 9.59 Å². The standard InChI is InChI=1S/C25H29N3O2/c1-16-12-21(20-10-7-11-23(14-20)26-18(3)29)13-22-15-28(25(30)24(16)22)27-17(2)19-8-5-4-6-9-19/h7,10-14,19H,4-6,8-9,15H2,1-3H3,(H,26,29). The number of nitrogens with one attached hydrogen (secondary N) is 1. The van der Waals surface area contributed by atoms with Crippen molar-refractivity contribution in [1.29, 1.82) is 0 Å². The van der Waals surface area contributed by atoms with Gasteiger partial charge < -0.3 is 5.32 Å². The summed E-state index contributed by atoms with van der Waals surface area (Å²) in [4.78, 5) is 24.4. The van der Waals surface area contributed by atoms with Crippen molar-refractivity contribution in [2.24, 2.45) is 11.0 Å². The second-order valence-electron chi connectivity index (χ2n) is 8.53. The molecular formula is C25H29N3O2. The molecule has 5 nitrogen and oxygen atoms in total. The first-order valence-corrected chi connectivity index (χ1v) is 10.8. The van der Waals surface area contributed by atoms with E-state index < -0.39 is 0 Å². The number of carbonyl (C=O) groups excluding carboxylic acids is 2. The van der Waals surface area contributed by atoms with Crippen molar-refractivity contribution in [2.45, 2.75) is 59.4 Å². The number of carbonyl (C=O) groups is 2. The van der Waals surface area contributed by atoms with E-state index >= 15 is 0 Å². The summed E-state index contributed by atoms with van der Waals surface area (Å²) in [5, 5.41) is 9.21. The van der Waals surface area contributed by atoms with Crippen LogP contribution >= 0.6 is 0 Å². The molecule has 156 valence electrons. The lowest BCUT2D eigenvalue weighted by molar-refractivity contribution is -0.114. The van der Waals surface area contributed by atoms with Gasteiger partial charge in [-0.3, -0.25) is 9.59 Å². The number of nitrogens with zero attached hydrogens (tertiary/aromatic N) is 2. The Kier molecular flexibility index (Phi) is 5.71. The molecule has 0 bridgehead atoms. The highest BCUT2D eigenvalue weighted by Crippen LogP contribution is 2.33. The second kappa shape index (κ2) is 8.42. The zero-order valence-electron chi connectivity index (χ0n) is 18.0. The largest absolute Gasteiger partial charge is 0.326 e. The molecule has 0 aromatic heterocycles. The Morgan fingerprint density at radius 3 is 2.57 bits per heavy atom. The third kappa shape index (κ3) is 4.16. The van der Waals surface area contributed by atoms with Gasteiger partial charge in [0, 0.05) is 23.9 Å². The number of fused-ring (bicyclic) bond motifs is 1. The van der Waals surface area contributed by atoms with Gasteiger partial charge in [-0.05, 0) is 73.1 Å². The molecule has 2 aromatic carbocycles. The first-order chi connectivity index (χ1) is 14.4. The van der Waals surface area contributed by atoms with Crippen molar-refractivity contribution in [2.75, 3.05) is 5.32 Å². The van der Waals surface area contributed by atoms with Gasteiger partial charge in [-0.25, -0.2) is 5.01 Å². The number of amides is 2. The fourth-order valence-corrected chi connectivity index (χ4v) is 4.67. The van der Waals surface area contributed by atoms with Crippen LogP contribution in [0.15, 0.2) is 41.5 Å². The number of hydrogen-bond donors (Lipinski definition) is 1. The summed E-state index contributed by atoms with van der Waals surface area (Å²) in [6, 6.07) is 11.9. The van der Waals surface area contributed by atoms with Crippen LogP contribution in [-0.4, -0.2) is 22.5 Å². The van der Waals surface area contributed by atoms with E-state index in [0.29, 0.717) is 12.5 Å². The maximum Gasteiger partial charge on any atom is 0.274 e. The van der Waals surface area contributed by atoms with Crippen LogP contribution in [-0.2, 0) is 11.3 Å². The summed E-state index contributed by atoms with van der Waals surface area (Å²) in [7, 11) is 0. The molecule has 4 rings (SSSR count). The Morgan fingerprint density at radius 2 is 1.83 bits per heavy atom. The number of rotatable bonds is 4. The highest BCUT2D eigenvalue weighted by atomic mass is 16.2. The van der Waals surface area contributed by atoms with E-state index in [1.54, 1.807) is 5.01 Å². The van der Waals surface area contributed by atoms with Gasteiger partial charge in [0.1, 0.15) is 0 Å². The van der Waals surface area contributed by atoms with Gasteiger partial charge in [-0.1, -0.05) is 37.5 Å². The van der Waals surface area contributed by atoms with Crippen LogP contribution in [0.2, 0.25) is 0 Å². The number of hydrazone groups is 1. The molecule has 1 aliphatic carbocycles. The minimum Gasteiger partial charge on any atom is -0.326 e. The number of benzene rings is 2. The fraction of sp³-hybridized carbons (Fsp3) is 0.400. The van der Waals surface area contributed by atoms with Crippen LogP contribution in [0.1, 0.15) is 67.4 Å². The van der Waals surface area contributed by atoms with Gasteiger partial charge in [0.15, 0.2) is 0 Å². The van der Waals surface area contributed by atoms with Crippen molar-refractivity contribution in [3.63, 3.8) is 0 Å². The SMILES string of the molecule is CC(=O)Nc1cccc(-c2cc(C)c3c(c2)CN(N=C(C)C2CCCCC2)C3=O)c1. The molecule has 1 fully saturated rings. The molecule has 2 amide bonds. The van der Waals surface area contributed by atoms with E-state index in [-0.39, 0.29) is 11.8 Å². The maximum absolute atomic E-state index is 13.0. The average Bonchev–Trinajstić information content (AvgIpc) is 3.04. The van der Waals surface area contributed by atoms with E-state index in [1.165, 1.54) is 39.0 Å². The normalized spacial score (nSPS) is 17.2. The molecule has 0 atom stereocenters. The van der Waals surface area contributed by atoms with Gasteiger partial charge in [0.2, 0.25) is 5.91 Å². The Balaban J connectivity index is 1.60. The fourth-order valence-electron chi connectivity index (χ4n) is 4.67. The number of anilines is 1. The van der Waals surface area contributed by atoms with Crippen molar-refractivity contribution in [1.82, 2.24) is 5.01 Å². The van der Waals surface area contributed by atoms with E-state index in [0.717, 1.165) is 39.2 Å². The van der Waals surface area contributed by atoms with Crippen molar-refractivity contribution >= 4 is 23.2 Å². The summed E-state index contributed by atoms with van der Waals surface area (Å²) in [5.74, 6) is 0.407. The topological polar surface area (TPSA) is 61.8 Å². The second-order valence-corrected chi connectivity index (χ2v) is 8.53.